The first kappa shape index (κ1) is 14.5. The molecule has 20 heavy (non-hydrogen) atoms. The van der Waals surface area contributed by atoms with Crippen molar-refractivity contribution < 1.29 is 13.9 Å². The van der Waals surface area contributed by atoms with Gasteiger partial charge in [0, 0.05) is 4.88 Å². The minimum Gasteiger partial charge on any atom is -0.494 e. The zero-order chi connectivity index (χ0) is 14.7. The molecule has 1 atom stereocenters. The van der Waals surface area contributed by atoms with E-state index >= 15 is 0 Å². The third kappa shape index (κ3) is 3.17. The van der Waals surface area contributed by atoms with E-state index in [2.05, 4.69) is 5.32 Å². The van der Waals surface area contributed by atoms with Gasteiger partial charge in [-0.15, -0.1) is 11.3 Å². The second-order valence-electron chi connectivity index (χ2n) is 4.50. The molecule has 0 fully saturated rings. The lowest BCUT2D eigenvalue weighted by molar-refractivity contribution is 0.0944. The van der Waals surface area contributed by atoms with Gasteiger partial charge in [0.1, 0.15) is 0 Å². The summed E-state index contributed by atoms with van der Waals surface area (Å²) in [7, 11) is 1.42. The van der Waals surface area contributed by atoms with Crippen LogP contribution in [0.15, 0.2) is 30.3 Å². The molecule has 0 bridgehead atoms. The molecule has 0 aliphatic carbocycles. The van der Waals surface area contributed by atoms with Gasteiger partial charge in [0.15, 0.2) is 11.6 Å². The monoisotopic (exact) mass is 293 g/mol. The molecule has 1 N–H and O–H groups in total. The number of methoxy groups -OCH3 is 1. The van der Waals surface area contributed by atoms with Gasteiger partial charge in [-0.1, -0.05) is 6.07 Å². The van der Waals surface area contributed by atoms with Crippen molar-refractivity contribution in [1.29, 1.82) is 0 Å². The van der Waals surface area contributed by atoms with E-state index in [1.165, 1.54) is 24.5 Å². The van der Waals surface area contributed by atoms with Crippen molar-refractivity contribution in [2.75, 3.05) is 7.11 Å². The van der Waals surface area contributed by atoms with E-state index in [4.69, 9.17) is 4.74 Å². The highest BCUT2D eigenvalue weighted by Crippen LogP contribution is 2.22. The Bertz CT molecular complexity index is 624. The molecule has 1 aromatic heterocycles. The molecule has 3 nitrogen and oxygen atoms in total. The summed E-state index contributed by atoms with van der Waals surface area (Å²) in [4.78, 5) is 13.8. The minimum atomic E-state index is -0.432. The van der Waals surface area contributed by atoms with Gasteiger partial charge >= 0.3 is 0 Å². The van der Waals surface area contributed by atoms with E-state index in [1.807, 2.05) is 19.9 Å². The van der Waals surface area contributed by atoms with Crippen molar-refractivity contribution in [2.45, 2.75) is 19.9 Å². The van der Waals surface area contributed by atoms with Crippen LogP contribution in [0.5, 0.6) is 5.75 Å². The standard InChI is InChI=1S/C15H16FNO2S/c1-9-4-7-14(20-9)15(18)17-10(2)11-5-6-13(19-3)12(16)8-11/h4-8,10H,1-3H3,(H,17,18). The molecule has 2 rings (SSSR count). The number of carbonyl (C=O) groups excluding carboxylic acids is 1. The summed E-state index contributed by atoms with van der Waals surface area (Å²) in [6, 6.07) is 8.09. The highest BCUT2D eigenvalue weighted by molar-refractivity contribution is 7.13. The van der Waals surface area contributed by atoms with Crippen molar-refractivity contribution >= 4 is 17.2 Å². The topological polar surface area (TPSA) is 38.3 Å². The number of ether oxygens (including phenoxy) is 1. The van der Waals surface area contributed by atoms with Gasteiger partial charge in [0.25, 0.3) is 5.91 Å². The normalized spacial score (nSPS) is 12.0. The van der Waals surface area contributed by atoms with Crippen LogP contribution in [0.2, 0.25) is 0 Å². The summed E-state index contributed by atoms with van der Waals surface area (Å²) < 4.78 is 18.5. The number of aryl methyl sites for hydroxylation is 1. The van der Waals surface area contributed by atoms with Crippen molar-refractivity contribution in [3.63, 3.8) is 0 Å². The van der Waals surface area contributed by atoms with Crippen LogP contribution in [0.1, 0.15) is 33.1 Å². The summed E-state index contributed by atoms with van der Waals surface area (Å²) in [5.74, 6) is -0.383. The van der Waals surface area contributed by atoms with Crippen LogP contribution in [-0.2, 0) is 0 Å². The van der Waals surface area contributed by atoms with E-state index in [0.29, 0.717) is 10.4 Å². The first-order chi connectivity index (χ1) is 9.51. The maximum atomic E-state index is 13.6. The van der Waals surface area contributed by atoms with Crippen LogP contribution in [0, 0.1) is 12.7 Å². The van der Waals surface area contributed by atoms with Crippen LogP contribution in [-0.4, -0.2) is 13.0 Å². The Kier molecular flexibility index (Phi) is 4.39. The Morgan fingerprint density at radius 3 is 2.65 bits per heavy atom. The second kappa shape index (κ2) is 6.05. The molecule has 0 aliphatic rings. The fraction of sp³-hybridized carbons (Fsp3) is 0.267. The molecule has 1 heterocycles. The Hall–Kier alpha value is -1.88. The predicted molar refractivity (Wildman–Crippen MR) is 77.9 cm³/mol. The van der Waals surface area contributed by atoms with Gasteiger partial charge in [0.05, 0.1) is 18.0 Å². The molecular formula is C15H16FNO2S. The molecule has 2 aromatic rings. The second-order valence-corrected chi connectivity index (χ2v) is 5.79. The van der Waals surface area contributed by atoms with Crippen LogP contribution in [0.4, 0.5) is 4.39 Å². The number of halogens is 1. The van der Waals surface area contributed by atoms with Gasteiger partial charge in [-0.2, -0.15) is 0 Å². The average molecular weight is 293 g/mol. The average Bonchev–Trinajstić information content (AvgIpc) is 2.85. The van der Waals surface area contributed by atoms with E-state index in [1.54, 1.807) is 18.2 Å². The number of nitrogens with one attached hydrogen (secondary N) is 1. The smallest absolute Gasteiger partial charge is 0.261 e. The van der Waals surface area contributed by atoms with Crippen LogP contribution >= 0.6 is 11.3 Å². The molecule has 0 aliphatic heterocycles. The molecule has 0 saturated carbocycles. The molecule has 0 radical (unpaired) electrons. The summed E-state index contributed by atoms with van der Waals surface area (Å²) in [6.45, 7) is 3.77. The highest BCUT2D eigenvalue weighted by atomic mass is 32.1. The zero-order valence-corrected chi connectivity index (χ0v) is 12.4. The largest absolute Gasteiger partial charge is 0.494 e. The first-order valence-corrected chi connectivity index (χ1v) is 7.03. The van der Waals surface area contributed by atoms with Crippen molar-refractivity contribution in [3.05, 3.63) is 51.5 Å². The molecule has 5 heteroatoms. The van der Waals surface area contributed by atoms with Gasteiger partial charge in [-0.3, -0.25) is 4.79 Å². The quantitative estimate of drug-likeness (QED) is 0.933. The van der Waals surface area contributed by atoms with Crippen LogP contribution in [0.3, 0.4) is 0 Å². The van der Waals surface area contributed by atoms with Crippen LogP contribution in [0.25, 0.3) is 0 Å². The Balaban J connectivity index is 2.10. The van der Waals surface area contributed by atoms with E-state index in [0.717, 1.165) is 4.88 Å². The van der Waals surface area contributed by atoms with Gasteiger partial charge in [0.2, 0.25) is 0 Å². The highest BCUT2D eigenvalue weighted by Gasteiger charge is 2.14. The maximum absolute atomic E-state index is 13.6. The van der Waals surface area contributed by atoms with Gasteiger partial charge in [-0.25, -0.2) is 4.39 Å². The van der Waals surface area contributed by atoms with Crippen molar-refractivity contribution in [3.8, 4) is 5.75 Å². The minimum absolute atomic E-state index is 0.146. The molecule has 1 aromatic carbocycles. The molecule has 1 amide bonds. The fourth-order valence-electron chi connectivity index (χ4n) is 1.86. The SMILES string of the molecule is COc1ccc(C(C)NC(=O)c2ccc(C)s2)cc1F. The molecular weight excluding hydrogens is 277 g/mol. The fourth-order valence-corrected chi connectivity index (χ4v) is 2.63. The molecule has 0 spiro atoms. The van der Waals surface area contributed by atoms with Crippen molar-refractivity contribution in [1.82, 2.24) is 5.32 Å². The molecule has 1 unspecified atom stereocenters. The van der Waals surface area contributed by atoms with Crippen molar-refractivity contribution in [2.24, 2.45) is 0 Å². The van der Waals surface area contributed by atoms with Gasteiger partial charge in [-0.05, 0) is 43.7 Å². The summed E-state index contributed by atoms with van der Waals surface area (Å²) in [6.07, 6.45) is 0. The maximum Gasteiger partial charge on any atom is 0.261 e. The number of rotatable bonds is 4. The number of hydrogen-bond donors (Lipinski definition) is 1. The lowest BCUT2D eigenvalue weighted by atomic mass is 10.1. The predicted octanol–water partition coefficient (Wildman–Crippen LogP) is 3.70. The lowest BCUT2D eigenvalue weighted by Gasteiger charge is -2.14. The Labute approximate surface area is 121 Å². The summed E-state index contributed by atoms with van der Waals surface area (Å²) >= 11 is 1.44. The Morgan fingerprint density at radius 2 is 2.10 bits per heavy atom. The number of carbonyl (C=O) groups is 1. The third-order valence-electron chi connectivity index (χ3n) is 2.99. The van der Waals surface area contributed by atoms with E-state index < -0.39 is 5.82 Å². The molecule has 0 saturated heterocycles. The number of hydrogen-bond acceptors (Lipinski definition) is 3. The number of thiophene rings is 1. The zero-order valence-electron chi connectivity index (χ0n) is 11.6. The number of amides is 1. The van der Waals surface area contributed by atoms with E-state index in [9.17, 15) is 9.18 Å². The third-order valence-corrected chi connectivity index (χ3v) is 3.99. The first-order valence-electron chi connectivity index (χ1n) is 6.22. The molecule has 106 valence electrons. The van der Waals surface area contributed by atoms with E-state index in [-0.39, 0.29) is 17.7 Å². The van der Waals surface area contributed by atoms with Crippen LogP contribution < -0.4 is 10.1 Å². The summed E-state index contributed by atoms with van der Waals surface area (Å²) in [5.41, 5.74) is 0.699. The van der Waals surface area contributed by atoms with Gasteiger partial charge < -0.3 is 10.1 Å². The number of benzene rings is 1. The lowest BCUT2D eigenvalue weighted by Crippen LogP contribution is -2.25. The Morgan fingerprint density at radius 1 is 1.35 bits per heavy atom. The summed E-state index contributed by atoms with van der Waals surface area (Å²) in [5, 5.41) is 2.85.